The van der Waals surface area contributed by atoms with Crippen molar-refractivity contribution in [2.75, 3.05) is 26.4 Å². The second kappa shape index (κ2) is 6.89. The summed E-state index contributed by atoms with van der Waals surface area (Å²) < 4.78 is 45.5. The predicted octanol–water partition coefficient (Wildman–Crippen LogP) is 0.260. The lowest BCUT2D eigenvalue weighted by atomic mass is 10.0. The number of fused-ring (bicyclic) bond motifs is 5. The largest absolute Gasteiger partial charge is 0.458 e. The first kappa shape index (κ1) is 20.0. The van der Waals surface area contributed by atoms with Crippen molar-refractivity contribution in [1.82, 2.24) is 0 Å². The molecule has 0 aromatic heterocycles. The van der Waals surface area contributed by atoms with Gasteiger partial charge in [-0.15, -0.1) is 0 Å². The monoisotopic (exact) mass is 402 g/mol. The van der Waals surface area contributed by atoms with Gasteiger partial charge in [-0.05, 0) is 13.3 Å². The Morgan fingerprint density at radius 3 is 1.89 bits per heavy atom. The van der Waals surface area contributed by atoms with Crippen LogP contribution in [0.1, 0.15) is 34.1 Å². The third-order valence-electron chi connectivity index (χ3n) is 5.56. The molecule has 0 aromatic carbocycles. The Balaban J connectivity index is 1.62. The molecule has 10 nitrogen and oxygen atoms in total. The van der Waals surface area contributed by atoms with Gasteiger partial charge in [-0.25, -0.2) is 9.59 Å². The summed E-state index contributed by atoms with van der Waals surface area (Å²) in [4.78, 5) is 24.8. The summed E-state index contributed by atoms with van der Waals surface area (Å²) in [6.07, 6.45) is -1.93. The fourth-order valence-corrected chi connectivity index (χ4v) is 3.74. The van der Waals surface area contributed by atoms with Crippen molar-refractivity contribution in [3.63, 3.8) is 0 Å². The summed E-state index contributed by atoms with van der Waals surface area (Å²) in [5.41, 5.74) is 0. The van der Waals surface area contributed by atoms with Gasteiger partial charge < -0.3 is 37.9 Å². The van der Waals surface area contributed by atoms with Gasteiger partial charge in [0.25, 0.3) is 11.6 Å². The number of hydrogen-bond acceptors (Lipinski definition) is 10. The summed E-state index contributed by atoms with van der Waals surface area (Å²) >= 11 is 0. The lowest BCUT2D eigenvalue weighted by Gasteiger charge is -2.27. The van der Waals surface area contributed by atoms with Crippen LogP contribution < -0.4 is 0 Å². The number of hydrogen-bond donors (Lipinski definition) is 0. The Morgan fingerprint density at radius 1 is 0.786 bits per heavy atom. The number of ether oxygens (including phenoxy) is 8. The molecule has 4 fully saturated rings. The van der Waals surface area contributed by atoms with Crippen molar-refractivity contribution in [3.8, 4) is 0 Å². The van der Waals surface area contributed by atoms with E-state index in [9.17, 15) is 9.59 Å². The van der Waals surface area contributed by atoms with Crippen LogP contribution in [-0.4, -0.2) is 80.1 Å². The molecule has 4 saturated heterocycles. The maximum atomic E-state index is 12.5. The van der Waals surface area contributed by atoms with Crippen LogP contribution in [0.15, 0.2) is 0 Å². The Labute approximate surface area is 162 Å². The van der Waals surface area contributed by atoms with E-state index in [4.69, 9.17) is 37.9 Å². The average molecular weight is 402 g/mol. The lowest BCUT2D eigenvalue weighted by Crippen LogP contribution is -2.47. The highest BCUT2D eigenvalue weighted by atomic mass is 16.8. The number of cyclic esters (lactones) is 2. The van der Waals surface area contributed by atoms with Crippen LogP contribution in [0.2, 0.25) is 0 Å². The van der Waals surface area contributed by atoms with Crippen molar-refractivity contribution >= 4 is 11.9 Å². The highest BCUT2D eigenvalue weighted by Crippen LogP contribution is 2.41. The van der Waals surface area contributed by atoms with Crippen LogP contribution in [0.5, 0.6) is 0 Å². The van der Waals surface area contributed by atoms with Gasteiger partial charge in [0, 0.05) is 13.8 Å². The molecule has 7 atom stereocenters. The topological polar surface area (TPSA) is 108 Å². The smallest absolute Gasteiger partial charge is 0.366 e. The quantitative estimate of drug-likeness (QED) is 0.597. The maximum Gasteiger partial charge on any atom is 0.366 e. The fourth-order valence-electron chi connectivity index (χ4n) is 3.74. The molecule has 10 heteroatoms. The third kappa shape index (κ3) is 3.31. The van der Waals surface area contributed by atoms with E-state index in [0.717, 1.165) is 0 Å². The molecule has 158 valence electrons. The Morgan fingerprint density at radius 2 is 1.32 bits per heavy atom. The van der Waals surface area contributed by atoms with Gasteiger partial charge >= 0.3 is 11.9 Å². The predicted molar refractivity (Wildman–Crippen MR) is 88.8 cm³/mol. The van der Waals surface area contributed by atoms with E-state index in [1.807, 2.05) is 13.8 Å². The van der Waals surface area contributed by atoms with Crippen LogP contribution in [0, 0.1) is 0 Å². The number of carbonyl (C=O) groups excluding carboxylic acids is 2. The molecule has 0 N–H and O–H groups in total. The van der Waals surface area contributed by atoms with Gasteiger partial charge in [0.05, 0.1) is 13.2 Å². The number of rotatable bonds is 2. The van der Waals surface area contributed by atoms with Gasteiger partial charge in [0.2, 0.25) is 0 Å². The normalized spacial score (nSPS) is 49.3. The van der Waals surface area contributed by atoms with Gasteiger partial charge in [-0.1, -0.05) is 6.92 Å². The summed E-state index contributed by atoms with van der Waals surface area (Å²) in [5.74, 6) is -5.35. The van der Waals surface area contributed by atoms with Crippen LogP contribution in [0.4, 0.5) is 0 Å². The number of carbonyl (C=O) groups is 2. The second-order valence-electron chi connectivity index (χ2n) is 7.75. The Bertz CT molecular complexity index is 654. The van der Waals surface area contributed by atoms with Gasteiger partial charge in [0.1, 0.15) is 37.6 Å². The molecular formula is C18H26O10. The molecule has 0 spiro atoms. The molecule has 7 unspecified atom stereocenters. The summed E-state index contributed by atoms with van der Waals surface area (Å²) in [6, 6.07) is 0. The zero-order valence-electron chi connectivity index (χ0n) is 16.4. The first-order valence-corrected chi connectivity index (χ1v) is 9.52. The average Bonchev–Trinajstić information content (AvgIpc) is 3.34. The van der Waals surface area contributed by atoms with Crippen LogP contribution in [0.3, 0.4) is 0 Å². The SMILES string of the molecule is CCC1(C)OCC(C2OC3(C)OC2C2COC(C)(O2)C(=O)OCCOC3=O)O1. The molecule has 0 saturated carbocycles. The van der Waals surface area contributed by atoms with E-state index in [-0.39, 0.29) is 26.4 Å². The van der Waals surface area contributed by atoms with Crippen molar-refractivity contribution in [3.05, 3.63) is 0 Å². The minimum Gasteiger partial charge on any atom is -0.458 e. The van der Waals surface area contributed by atoms with Crippen molar-refractivity contribution < 1.29 is 47.5 Å². The van der Waals surface area contributed by atoms with Crippen molar-refractivity contribution in [1.29, 1.82) is 0 Å². The molecule has 0 radical (unpaired) electrons. The lowest BCUT2D eigenvalue weighted by molar-refractivity contribution is -0.226. The minimum absolute atomic E-state index is 0.0693. The second-order valence-corrected chi connectivity index (χ2v) is 7.75. The van der Waals surface area contributed by atoms with Gasteiger partial charge in [0.15, 0.2) is 5.79 Å². The zero-order chi connectivity index (χ0) is 20.2. The minimum atomic E-state index is -1.64. The molecule has 0 amide bonds. The van der Waals surface area contributed by atoms with E-state index in [2.05, 4.69) is 0 Å². The zero-order valence-corrected chi connectivity index (χ0v) is 16.4. The maximum absolute atomic E-state index is 12.5. The highest BCUT2D eigenvalue weighted by Gasteiger charge is 2.61. The Kier molecular flexibility index (Phi) is 4.92. The van der Waals surface area contributed by atoms with Crippen molar-refractivity contribution in [2.45, 2.75) is 75.9 Å². The molecule has 0 aliphatic carbocycles. The van der Waals surface area contributed by atoms with E-state index < -0.39 is 53.7 Å². The first-order chi connectivity index (χ1) is 13.2. The molecule has 28 heavy (non-hydrogen) atoms. The van der Waals surface area contributed by atoms with Crippen LogP contribution in [-0.2, 0) is 47.5 Å². The molecule has 4 rings (SSSR count). The van der Waals surface area contributed by atoms with Crippen LogP contribution >= 0.6 is 0 Å². The molecule has 4 aliphatic heterocycles. The van der Waals surface area contributed by atoms with E-state index in [1.54, 1.807) is 0 Å². The third-order valence-corrected chi connectivity index (χ3v) is 5.56. The standard InChI is InChI=1S/C18H26O10/c1-5-16(2)23-8-10(25-16)12-13-11-9-24-17(3,26-11)14(19)21-6-7-22-15(20)18(4,27-12)28-13/h10-13H,5-9H2,1-4H3. The first-order valence-electron chi connectivity index (χ1n) is 9.52. The summed E-state index contributed by atoms with van der Waals surface area (Å²) in [7, 11) is 0. The van der Waals surface area contributed by atoms with E-state index in [1.165, 1.54) is 13.8 Å². The summed E-state index contributed by atoms with van der Waals surface area (Å²) in [6.45, 7) is 6.84. The molecule has 0 aromatic rings. The molecular weight excluding hydrogens is 376 g/mol. The highest BCUT2D eigenvalue weighted by molar-refractivity contribution is 5.79. The van der Waals surface area contributed by atoms with Crippen molar-refractivity contribution in [2.24, 2.45) is 0 Å². The van der Waals surface area contributed by atoms with Gasteiger partial charge in [-0.2, -0.15) is 0 Å². The number of esters is 2. The molecule has 4 heterocycles. The van der Waals surface area contributed by atoms with Crippen LogP contribution in [0.25, 0.3) is 0 Å². The Hall–Kier alpha value is -1.30. The molecule has 4 aliphatic rings. The fraction of sp³-hybridized carbons (Fsp3) is 0.889. The van der Waals surface area contributed by atoms with E-state index >= 15 is 0 Å². The van der Waals surface area contributed by atoms with E-state index in [0.29, 0.717) is 6.42 Å². The van der Waals surface area contributed by atoms with Gasteiger partial charge in [-0.3, -0.25) is 0 Å². The molecule has 4 bridgehead atoms. The summed E-state index contributed by atoms with van der Waals surface area (Å²) in [5, 5.41) is 0.